The summed E-state index contributed by atoms with van der Waals surface area (Å²) in [5, 5.41) is 0. The third kappa shape index (κ3) is 3.50. The molecule has 20 heavy (non-hydrogen) atoms. The van der Waals surface area contributed by atoms with E-state index in [9.17, 15) is 4.79 Å². The number of methoxy groups -OCH3 is 1. The highest BCUT2D eigenvalue weighted by Crippen LogP contribution is 2.36. The van der Waals surface area contributed by atoms with Crippen LogP contribution in [0, 0.1) is 17.8 Å². The molecule has 0 spiro atoms. The molecular formula is C18H24O2. The van der Waals surface area contributed by atoms with Gasteiger partial charge in [-0.1, -0.05) is 25.1 Å². The summed E-state index contributed by atoms with van der Waals surface area (Å²) < 4.78 is 5.28. The van der Waals surface area contributed by atoms with Crippen molar-refractivity contribution in [3.8, 4) is 5.75 Å². The van der Waals surface area contributed by atoms with E-state index in [4.69, 9.17) is 4.74 Å². The first-order chi connectivity index (χ1) is 9.63. The summed E-state index contributed by atoms with van der Waals surface area (Å²) >= 11 is 0. The average Bonchev–Trinajstić information content (AvgIpc) is 2.43. The molecular weight excluding hydrogens is 248 g/mol. The molecule has 0 aromatic heterocycles. The first kappa shape index (κ1) is 14.8. The van der Waals surface area contributed by atoms with Crippen LogP contribution in [0.4, 0.5) is 0 Å². The Morgan fingerprint density at radius 1 is 1.45 bits per heavy atom. The van der Waals surface area contributed by atoms with Crippen molar-refractivity contribution < 1.29 is 9.53 Å². The molecule has 1 saturated carbocycles. The van der Waals surface area contributed by atoms with Crippen molar-refractivity contribution in [3.05, 3.63) is 42.5 Å². The second-order valence-corrected chi connectivity index (χ2v) is 5.96. The van der Waals surface area contributed by atoms with Gasteiger partial charge in [-0.2, -0.15) is 0 Å². The molecule has 0 heterocycles. The molecule has 3 atom stereocenters. The van der Waals surface area contributed by atoms with Crippen LogP contribution in [0.2, 0.25) is 0 Å². The SMILES string of the molecule is C=CCC1C(=O)C[C@H](C)C[C@H]1Cc1cccc(OC)c1. The first-order valence-electron chi connectivity index (χ1n) is 7.40. The van der Waals surface area contributed by atoms with Gasteiger partial charge in [-0.3, -0.25) is 4.79 Å². The molecule has 108 valence electrons. The Balaban J connectivity index is 2.14. The van der Waals surface area contributed by atoms with Gasteiger partial charge >= 0.3 is 0 Å². The highest BCUT2D eigenvalue weighted by atomic mass is 16.5. The van der Waals surface area contributed by atoms with Gasteiger partial charge in [0.1, 0.15) is 11.5 Å². The Kier molecular flexibility index (Phi) is 4.99. The number of ketones is 1. The summed E-state index contributed by atoms with van der Waals surface area (Å²) in [5.41, 5.74) is 1.25. The lowest BCUT2D eigenvalue weighted by Crippen LogP contribution is -2.33. The lowest BCUT2D eigenvalue weighted by Gasteiger charge is -2.33. The zero-order valence-electron chi connectivity index (χ0n) is 12.5. The van der Waals surface area contributed by atoms with E-state index in [1.165, 1.54) is 5.56 Å². The van der Waals surface area contributed by atoms with Crippen LogP contribution >= 0.6 is 0 Å². The fourth-order valence-corrected chi connectivity index (χ4v) is 3.35. The largest absolute Gasteiger partial charge is 0.497 e. The van der Waals surface area contributed by atoms with Crippen LogP contribution in [0.5, 0.6) is 5.75 Å². The first-order valence-corrected chi connectivity index (χ1v) is 7.40. The van der Waals surface area contributed by atoms with Gasteiger partial charge in [0.15, 0.2) is 0 Å². The molecule has 1 unspecified atom stereocenters. The quantitative estimate of drug-likeness (QED) is 0.756. The van der Waals surface area contributed by atoms with Crippen molar-refractivity contribution in [2.24, 2.45) is 17.8 Å². The molecule has 0 saturated heterocycles. The summed E-state index contributed by atoms with van der Waals surface area (Å²) in [6, 6.07) is 8.18. The maximum absolute atomic E-state index is 12.2. The topological polar surface area (TPSA) is 26.3 Å². The minimum Gasteiger partial charge on any atom is -0.497 e. The van der Waals surface area contributed by atoms with Gasteiger partial charge in [-0.25, -0.2) is 0 Å². The van der Waals surface area contributed by atoms with Gasteiger partial charge in [0.25, 0.3) is 0 Å². The fourth-order valence-electron chi connectivity index (χ4n) is 3.35. The second kappa shape index (κ2) is 6.74. The van der Waals surface area contributed by atoms with Crippen LogP contribution < -0.4 is 4.74 Å². The Bertz CT molecular complexity index is 478. The molecule has 2 heteroatoms. The van der Waals surface area contributed by atoms with E-state index >= 15 is 0 Å². The molecule has 0 amide bonds. The Hall–Kier alpha value is -1.57. The molecule has 0 bridgehead atoms. The summed E-state index contributed by atoms with van der Waals surface area (Å²) in [5.74, 6) is 2.37. The van der Waals surface area contributed by atoms with Gasteiger partial charge < -0.3 is 4.74 Å². The Labute approximate surface area is 121 Å². The Morgan fingerprint density at radius 3 is 2.95 bits per heavy atom. The molecule has 2 nitrogen and oxygen atoms in total. The van der Waals surface area contributed by atoms with Crippen LogP contribution in [-0.4, -0.2) is 12.9 Å². The van der Waals surface area contributed by atoms with Gasteiger partial charge in [0, 0.05) is 12.3 Å². The number of carbonyl (C=O) groups excluding carboxylic acids is 1. The number of hydrogen-bond donors (Lipinski definition) is 0. The van der Waals surface area contributed by atoms with Crippen LogP contribution in [0.3, 0.4) is 0 Å². The van der Waals surface area contributed by atoms with E-state index < -0.39 is 0 Å². The molecule has 1 aromatic carbocycles. The lowest BCUT2D eigenvalue weighted by molar-refractivity contribution is -0.128. The monoisotopic (exact) mass is 272 g/mol. The molecule has 1 aliphatic rings. The van der Waals surface area contributed by atoms with Crippen molar-refractivity contribution in [2.75, 3.05) is 7.11 Å². The molecule has 2 rings (SSSR count). The van der Waals surface area contributed by atoms with Crippen molar-refractivity contribution >= 4 is 5.78 Å². The normalized spacial score (nSPS) is 26.3. The predicted molar refractivity (Wildman–Crippen MR) is 81.9 cm³/mol. The number of Topliss-reactive ketones (excluding diaryl/α,β-unsaturated/α-hetero) is 1. The van der Waals surface area contributed by atoms with Crippen molar-refractivity contribution in [1.82, 2.24) is 0 Å². The van der Waals surface area contributed by atoms with E-state index in [2.05, 4.69) is 25.6 Å². The van der Waals surface area contributed by atoms with E-state index in [0.29, 0.717) is 17.6 Å². The van der Waals surface area contributed by atoms with Gasteiger partial charge in [0.2, 0.25) is 0 Å². The van der Waals surface area contributed by atoms with Crippen LogP contribution in [0.15, 0.2) is 36.9 Å². The van der Waals surface area contributed by atoms with Crippen LogP contribution in [-0.2, 0) is 11.2 Å². The van der Waals surface area contributed by atoms with E-state index in [1.807, 2.05) is 18.2 Å². The molecule has 1 aliphatic carbocycles. The molecule has 0 radical (unpaired) electrons. The summed E-state index contributed by atoms with van der Waals surface area (Å²) in [7, 11) is 1.69. The second-order valence-electron chi connectivity index (χ2n) is 5.96. The van der Waals surface area contributed by atoms with Gasteiger partial charge in [0.05, 0.1) is 7.11 Å². The number of benzene rings is 1. The van der Waals surface area contributed by atoms with Gasteiger partial charge in [-0.05, 0) is 48.8 Å². The molecule has 1 aromatic rings. The predicted octanol–water partition coefficient (Wildman–Crippen LogP) is 4.05. The maximum atomic E-state index is 12.2. The summed E-state index contributed by atoms with van der Waals surface area (Å²) in [4.78, 5) is 12.2. The zero-order valence-corrected chi connectivity index (χ0v) is 12.5. The smallest absolute Gasteiger partial charge is 0.136 e. The van der Waals surface area contributed by atoms with Crippen LogP contribution in [0.1, 0.15) is 31.7 Å². The molecule has 0 aliphatic heterocycles. The number of ether oxygens (including phenoxy) is 1. The maximum Gasteiger partial charge on any atom is 0.136 e. The number of carbonyl (C=O) groups is 1. The fraction of sp³-hybridized carbons (Fsp3) is 0.500. The zero-order chi connectivity index (χ0) is 14.5. The Morgan fingerprint density at radius 2 is 2.25 bits per heavy atom. The third-order valence-corrected chi connectivity index (χ3v) is 4.29. The summed E-state index contributed by atoms with van der Waals surface area (Å²) in [6.45, 7) is 5.99. The number of hydrogen-bond acceptors (Lipinski definition) is 2. The molecule has 0 N–H and O–H groups in total. The van der Waals surface area contributed by atoms with Gasteiger partial charge in [-0.15, -0.1) is 6.58 Å². The number of rotatable bonds is 5. The minimum absolute atomic E-state index is 0.148. The van der Waals surface area contributed by atoms with E-state index in [1.54, 1.807) is 7.11 Å². The lowest BCUT2D eigenvalue weighted by atomic mass is 9.70. The highest BCUT2D eigenvalue weighted by Gasteiger charge is 2.34. The molecule has 1 fully saturated rings. The summed E-state index contributed by atoms with van der Waals surface area (Å²) in [6.07, 6.45) is 5.50. The van der Waals surface area contributed by atoms with E-state index in [-0.39, 0.29) is 5.92 Å². The number of allylic oxidation sites excluding steroid dienone is 1. The third-order valence-electron chi connectivity index (χ3n) is 4.29. The van der Waals surface area contributed by atoms with Crippen molar-refractivity contribution in [1.29, 1.82) is 0 Å². The average molecular weight is 272 g/mol. The minimum atomic E-state index is 0.148. The highest BCUT2D eigenvalue weighted by molar-refractivity contribution is 5.82. The van der Waals surface area contributed by atoms with Crippen molar-refractivity contribution in [2.45, 2.75) is 32.6 Å². The standard InChI is InChI=1S/C18H24O2/c1-4-6-17-15(9-13(2)10-18(17)19)11-14-7-5-8-16(12-14)20-3/h4-5,7-8,12-13,15,17H,1,6,9-11H2,2-3H3/t13-,15+,17?/m1/s1. The van der Waals surface area contributed by atoms with Crippen molar-refractivity contribution in [3.63, 3.8) is 0 Å². The van der Waals surface area contributed by atoms with E-state index in [0.717, 1.165) is 31.4 Å². The van der Waals surface area contributed by atoms with Crippen LogP contribution in [0.25, 0.3) is 0 Å².